The van der Waals surface area contributed by atoms with Gasteiger partial charge in [0.2, 0.25) is 5.82 Å². The summed E-state index contributed by atoms with van der Waals surface area (Å²) >= 11 is 0. The van der Waals surface area contributed by atoms with E-state index in [-0.39, 0.29) is 35.0 Å². The van der Waals surface area contributed by atoms with Gasteiger partial charge in [0.25, 0.3) is 0 Å². The van der Waals surface area contributed by atoms with Crippen molar-refractivity contribution in [2.45, 2.75) is 45.1 Å². The maximum absolute atomic E-state index is 14.9. The second-order valence-electron chi connectivity index (χ2n) is 9.44. The van der Waals surface area contributed by atoms with Crippen LogP contribution >= 0.6 is 0 Å². The highest BCUT2D eigenvalue weighted by Crippen LogP contribution is 2.34. The summed E-state index contributed by atoms with van der Waals surface area (Å²) in [6.45, 7) is 5.31. The Balaban J connectivity index is 1.43. The van der Waals surface area contributed by atoms with Gasteiger partial charge >= 0.3 is 0 Å². The third-order valence-electron chi connectivity index (χ3n) is 6.99. The summed E-state index contributed by atoms with van der Waals surface area (Å²) in [5.74, 6) is -3.77. The molecule has 1 N–H and O–H groups in total. The van der Waals surface area contributed by atoms with Crippen LogP contribution < -0.4 is 4.74 Å². The Morgan fingerprint density at radius 2 is 1.62 bits per heavy atom. The van der Waals surface area contributed by atoms with Crippen molar-refractivity contribution in [3.05, 3.63) is 107 Å². The first-order valence-corrected chi connectivity index (χ1v) is 12.5. The Morgan fingerprint density at radius 3 is 2.27 bits per heavy atom. The van der Waals surface area contributed by atoms with Gasteiger partial charge in [-0.2, -0.15) is 4.39 Å². The highest BCUT2D eigenvalue weighted by Gasteiger charge is 2.23. The van der Waals surface area contributed by atoms with Gasteiger partial charge < -0.3 is 9.84 Å². The van der Waals surface area contributed by atoms with Gasteiger partial charge in [-0.1, -0.05) is 55.1 Å². The summed E-state index contributed by atoms with van der Waals surface area (Å²) < 4.78 is 63.8. The van der Waals surface area contributed by atoms with Crippen LogP contribution in [0.15, 0.2) is 67.3 Å². The van der Waals surface area contributed by atoms with Crippen LogP contribution in [-0.2, 0) is 12.8 Å². The lowest BCUT2D eigenvalue weighted by molar-refractivity contribution is 0.120. The topological polar surface area (TPSA) is 29.5 Å². The summed E-state index contributed by atoms with van der Waals surface area (Å²) in [4.78, 5) is 0. The zero-order valence-electron chi connectivity index (χ0n) is 20.7. The molecule has 0 radical (unpaired) electrons. The average Bonchev–Trinajstić information content (AvgIpc) is 2.91. The number of rotatable bonds is 9. The molecule has 0 aromatic heterocycles. The molecular weight excluding hydrogens is 480 g/mol. The van der Waals surface area contributed by atoms with Crippen LogP contribution in [0.1, 0.15) is 42.9 Å². The fourth-order valence-electron chi connectivity index (χ4n) is 4.71. The van der Waals surface area contributed by atoms with E-state index in [1.807, 2.05) is 6.08 Å². The van der Waals surface area contributed by atoms with Crippen LogP contribution in [0, 0.1) is 29.2 Å². The van der Waals surface area contributed by atoms with Gasteiger partial charge in [0.15, 0.2) is 23.2 Å². The first kappa shape index (κ1) is 26.7. The lowest BCUT2D eigenvalue weighted by Crippen LogP contribution is -2.18. The molecule has 2 unspecified atom stereocenters. The smallest absolute Gasteiger partial charge is 0.201 e. The molecule has 2 nitrogen and oxygen atoms in total. The van der Waals surface area contributed by atoms with Gasteiger partial charge in [-0.15, -0.1) is 0 Å². The van der Waals surface area contributed by atoms with Crippen molar-refractivity contribution in [2.75, 3.05) is 6.61 Å². The summed E-state index contributed by atoms with van der Waals surface area (Å²) in [5.41, 5.74) is 2.81. The minimum absolute atomic E-state index is 0.0693. The first-order chi connectivity index (χ1) is 17.8. The maximum atomic E-state index is 14.9. The highest BCUT2D eigenvalue weighted by atomic mass is 19.2. The molecule has 0 saturated heterocycles. The summed E-state index contributed by atoms with van der Waals surface area (Å²) in [6, 6.07) is 13.0. The standard InChI is InChI=1S/C31H30F4O2/c1-3-18-37-27-17-16-26(30(34)31(27)35)22-7-4-20(5-8-22)6-9-24-14-15-25(29(33)28(24)32)23-12-10-21(11-13-23)19(2)36/h3-5,7-8,12,14-17,19,21,36H,1,6,9-11,13,18H2,2H3. The number of ether oxygens (including phenoxy) is 1. The van der Waals surface area contributed by atoms with Crippen molar-refractivity contribution >= 4 is 5.57 Å². The van der Waals surface area contributed by atoms with Gasteiger partial charge in [0.05, 0.1) is 6.10 Å². The molecule has 37 heavy (non-hydrogen) atoms. The molecule has 2 atom stereocenters. The van der Waals surface area contributed by atoms with Gasteiger partial charge in [-0.3, -0.25) is 0 Å². The number of halogens is 4. The molecular formula is C31H30F4O2. The normalized spacial score (nSPS) is 16.3. The van der Waals surface area contributed by atoms with Gasteiger partial charge in [-0.25, -0.2) is 13.2 Å². The monoisotopic (exact) mass is 510 g/mol. The van der Waals surface area contributed by atoms with Crippen LogP contribution in [0.5, 0.6) is 5.75 Å². The van der Waals surface area contributed by atoms with Crippen LogP contribution in [0.4, 0.5) is 17.6 Å². The van der Waals surface area contributed by atoms with E-state index in [0.717, 1.165) is 17.6 Å². The fraction of sp³-hybridized carbons (Fsp3) is 0.290. The lowest BCUT2D eigenvalue weighted by Gasteiger charge is -2.24. The van der Waals surface area contributed by atoms with Gasteiger partial charge in [0.1, 0.15) is 6.61 Å². The summed E-state index contributed by atoms with van der Waals surface area (Å²) in [7, 11) is 0. The number of hydrogen-bond acceptors (Lipinski definition) is 2. The molecule has 0 heterocycles. The molecule has 0 bridgehead atoms. The number of benzene rings is 3. The Labute approximate surface area is 214 Å². The van der Waals surface area contributed by atoms with Gasteiger partial charge in [-0.05, 0) is 79.3 Å². The van der Waals surface area contributed by atoms with Crippen molar-refractivity contribution < 1.29 is 27.4 Å². The van der Waals surface area contributed by atoms with E-state index < -0.39 is 29.4 Å². The minimum atomic E-state index is -1.06. The molecule has 0 amide bonds. The van der Waals surface area contributed by atoms with E-state index in [1.54, 1.807) is 43.3 Å². The van der Waals surface area contributed by atoms with Crippen molar-refractivity contribution in [1.82, 2.24) is 0 Å². The zero-order chi connectivity index (χ0) is 26.5. The van der Waals surface area contributed by atoms with E-state index in [2.05, 4.69) is 6.58 Å². The Morgan fingerprint density at radius 1 is 0.919 bits per heavy atom. The molecule has 3 aromatic carbocycles. The number of aliphatic hydroxyl groups excluding tert-OH is 1. The maximum Gasteiger partial charge on any atom is 0.201 e. The third-order valence-corrected chi connectivity index (χ3v) is 6.99. The van der Waals surface area contributed by atoms with Crippen molar-refractivity contribution in [3.63, 3.8) is 0 Å². The number of aliphatic hydroxyl groups is 1. The van der Waals surface area contributed by atoms with E-state index >= 15 is 0 Å². The molecule has 4 rings (SSSR count). The second kappa shape index (κ2) is 11.8. The number of aryl methyl sites for hydroxylation is 2. The van der Waals surface area contributed by atoms with Crippen molar-refractivity contribution in [2.24, 2.45) is 5.92 Å². The van der Waals surface area contributed by atoms with E-state index in [9.17, 15) is 22.7 Å². The largest absolute Gasteiger partial charge is 0.486 e. The fourth-order valence-corrected chi connectivity index (χ4v) is 4.71. The highest BCUT2D eigenvalue weighted by molar-refractivity contribution is 5.67. The SMILES string of the molecule is C=CCOc1ccc(-c2ccc(CCc3ccc(C4=CCC(C(C)O)CC4)c(F)c3F)cc2)c(F)c1F. The average molecular weight is 511 g/mol. The lowest BCUT2D eigenvalue weighted by atomic mass is 9.83. The molecule has 1 aliphatic rings. The van der Waals surface area contributed by atoms with Crippen LogP contribution in [0.2, 0.25) is 0 Å². The second-order valence-corrected chi connectivity index (χ2v) is 9.44. The van der Waals surface area contributed by atoms with Crippen molar-refractivity contribution in [1.29, 1.82) is 0 Å². The van der Waals surface area contributed by atoms with Crippen LogP contribution in [0.25, 0.3) is 16.7 Å². The molecule has 0 fully saturated rings. The zero-order valence-corrected chi connectivity index (χ0v) is 20.7. The quantitative estimate of drug-likeness (QED) is 0.235. The Bertz CT molecular complexity index is 1300. The molecule has 0 aliphatic heterocycles. The molecule has 0 saturated carbocycles. The molecule has 6 heteroatoms. The first-order valence-electron chi connectivity index (χ1n) is 12.5. The van der Waals surface area contributed by atoms with E-state index in [1.165, 1.54) is 18.2 Å². The molecule has 1 aliphatic carbocycles. The van der Waals surface area contributed by atoms with Crippen molar-refractivity contribution in [3.8, 4) is 16.9 Å². The predicted molar refractivity (Wildman–Crippen MR) is 138 cm³/mol. The number of allylic oxidation sites excluding steroid dienone is 2. The van der Waals surface area contributed by atoms with Gasteiger partial charge in [0, 0.05) is 11.1 Å². The number of hydrogen-bond donors (Lipinski definition) is 1. The summed E-state index contributed by atoms with van der Waals surface area (Å²) in [6.07, 6.45) is 5.67. The molecule has 0 spiro atoms. The molecule has 3 aromatic rings. The van der Waals surface area contributed by atoms with Crippen LogP contribution in [-0.4, -0.2) is 17.8 Å². The Hall–Kier alpha value is -3.38. The minimum Gasteiger partial charge on any atom is -0.486 e. The molecule has 194 valence electrons. The Kier molecular flexibility index (Phi) is 8.49. The van der Waals surface area contributed by atoms with E-state index in [0.29, 0.717) is 31.2 Å². The predicted octanol–water partition coefficient (Wildman–Crippen LogP) is 7.82. The van der Waals surface area contributed by atoms with Crippen LogP contribution in [0.3, 0.4) is 0 Å². The van der Waals surface area contributed by atoms with E-state index in [4.69, 9.17) is 4.74 Å². The summed E-state index contributed by atoms with van der Waals surface area (Å²) in [5, 5.41) is 9.75. The third kappa shape index (κ3) is 5.96.